The van der Waals surface area contributed by atoms with Crippen molar-refractivity contribution in [2.45, 2.75) is 52.4 Å². The number of benzene rings is 1. The molecule has 0 radical (unpaired) electrons. The van der Waals surface area contributed by atoms with E-state index < -0.39 is 0 Å². The summed E-state index contributed by atoms with van der Waals surface area (Å²) in [4.78, 5) is 0. The maximum Gasteiger partial charge on any atom is 2.00 e. The van der Waals surface area contributed by atoms with E-state index in [0.717, 1.165) is 0 Å². The molecule has 0 saturated heterocycles. The predicted molar refractivity (Wildman–Crippen MR) is 62.7 cm³/mol. The van der Waals surface area contributed by atoms with Crippen LogP contribution in [0.5, 0.6) is 11.5 Å². The van der Waals surface area contributed by atoms with Crippen molar-refractivity contribution in [2.75, 3.05) is 0 Å². The normalized spacial score (nSPS) is 12.1. The first-order chi connectivity index (χ1) is 7.05. The summed E-state index contributed by atoms with van der Waals surface area (Å²) in [5, 5.41) is 23.9. The Morgan fingerprint density at radius 2 is 0.941 bits per heavy atom. The van der Waals surface area contributed by atoms with E-state index in [0.29, 0.717) is 11.1 Å². The van der Waals surface area contributed by atoms with Crippen LogP contribution in [0.3, 0.4) is 0 Å². The molecule has 0 spiro atoms. The van der Waals surface area contributed by atoms with Gasteiger partial charge in [-0.25, -0.2) is 0 Å². The summed E-state index contributed by atoms with van der Waals surface area (Å²) in [5.74, 6) is -0.695. The fourth-order valence-corrected chi connectivity index (χ4v) is 1.74. The standard InChI is InChI=1S/C14H22O2.Fe/c1-13(2,3)9-7-8-10(14(4,5)6)12(16)11(9)15;/h7-8,15-16H,1-6H3;/q;+2/p-2. The maximum absolute atomic E-state index is 12.0. The van der Waals surface area contributed by atoms with Gasteiger partial charge in [0.05, 0.1) is 0 Å². The molecule has 2 nitrogen and oxygen atoms in total. The summed E-state index contributed by atoms with van der Waals surface area (Å²) in [7, 11) is 0. The summed E-state index contributed by atoms with van der Waals surface area (Å²) in [5.41, 5.74) is 0.662. The Morgan fingerprint density at radius 3 is 1.12 bits per heavy atom. The van der Waals surface area contributed by atoms with Crippen LogP contribution in [0.1, 0.15) is 52.7 Å². The average Bonchev–Trinajstić information content (AvgIpc) is 2.05. The van der Waals surface area contributed by atoms with Gasteiger partial charge in [0, 0.05) is 0 Å². The van der Waals surface area contributed by atoms with Gasteiger partial charge < -0.3 is 10.2 Å². The molecule has 0 aliphatic heterocycles. The summed E-state index contributed by atoms with van der Waals surface area (Å²) < 4.78 is 0. The zero-order valence-corrected chi connectivity index (χ0v) is 12.4. The Labute approximate surface area is 115 Å². The van der Waals surface area contributed by atoms with E-state index in [4.69, 9.17) is 0 Å². The monoisotopic (exact) mass is 276 g/mol. The fraction of sp³-hybridized carbons (Fsp3) is 0.571. The molecule has 0 N–H and O–H groups in total. The molecule has 1 rings (SSSR count). The van der Waals surface area contributed by atoms with Gasteiger partial charge in [-0.2, -0.15) is 0 Å². The average molecular weight is 276 g/mol. The van der Waals surface area contributed by atoms with Gasteiger partial charge in [-0.1, -0.05) is 64.8 Å². The van der Waals surface area contributed by atoms with Crippen LogP contribution in [-0.4, -0.2) is 0 Å². The van der Waals surface area contributed by atoms with Crippen LogP contribution in [0.15, 0.2) is 12.1 Å². The molecule has 1 aromatic rings. The maximum atomic E-state index is 12.0. The van der Waals surface area contributed by atoms with Crippen molar-refractivity contribution >= 4 is 0 Å². The molecule has 0 saturated carbocycles. The molecule has 0 aromatic heterocycles. The minimum Gasteiger partial charge on any atom is -0.873 e. The molecular weight excluding hydrogens is 256 g/mol. The second kappa shape index (κ2) is 4.91. The SMILES string of the molecule is CC(C)(C)c1ccc(C(C)(C)C)c([O-])c1[O-].[Fe+2]. The third kappa shape index (κ3) is 3.40. The zero-order valence-electron chi connectivity index (χ0n) is 11.3. The molecule has 3 heteroatoms. The van der Waals surface area contributed by atoms with Gasteiger partial charge in [0.1, 0.15) is 0 Å². The largest absolute Gasteiger partial charge is 2.00 e. The van der Waals surface area contributed by atoms with Crippen LogP contribution in [0.25, 0.3) is 0 Å². The van der Waals surface area contributed by atoms with E-state index in [9.17, 15) is 10.2 Å². The van der Waals surface area contributed by atoms with E-state index in [1.54, 1.807) is 12.1 Å². The van der Waals surface area contributed by atoms with Gasteiger partial charge in [-0.3, -0.25) is 0 Å². The van der Waals surface area contributed by atoms with Gasteiger partial charge in [0.25, 0.3) is 0 Å². The van der Waals surface area contributed by atoms with Gasteiger partial charge in [0.15, 0.2) is 0 Å². The summed E-state index contributed by atoms with van der Waals surface area (Å²) in [6, 6.07) is 3.59. The van der Waals surface area contributed by atoms with E-state index in [-0.39, 0.29) is 39.4 Å². The summed E-state index contributed by atoms with van der Waals surface area (Å²) in [6.45, 7) is 11.7. The topological polar surface area (TPSA) is 46.1 Å². The van der Waals surface area contributed by atoms with Crippen LogP contribution in [0.4, 0.5) is 0 Å². The summed E-state index contributed by atoms with van der Waals surface area (Å²) in [6.07, 6.45) is 0. The molecule has 0 aliphatic carbocycles. The second-order valence-corrected chi connectivity index (χ2v) is 6.32. The molecule has 0 fully saturated rings. The second-order valence-electron chi connectivity index (χ2n) is 6.32. The molecule has 0 amide bonds. The molecule has 96 valence electrons. The number of hydrogen-bond donors (Lipinski definition) is 0. The van der Waals surface area contributed by atoms with Crippen molar-refractivity contribution in [3.05, 3.63) is 23.3 Å². The quantitative estimate of drug-likeness (QED) is 0.683. The smallest absolute Gasteiger partial charge is 0.873 e. The van der Waals surface area contributed by atoms with Crippen molar-refractivity contribution in [2.24, 2.45) is 0 Å². The van der Waals surface area contributed by atoms with Crippen molar-refractivity contribution in [1.82, 2.24) is 0 Å². The Balaban J connectivity index is 0.00000256. The molecule has 0 aliphatic rings. The summed E-state index contributed by atoms with van der Waals surface area (Å²) >= 11 is 0. The van der Waals surface area contributed by atoms with Crippen LogP contribution >= 0.6 is 0 Å². The number of hydrogen-bond acceptors (Lipinski definition) is 2. The van der Waals surface area contributed by atoms with Crippen LogP contribution in [0.2, 0.25) is 0 Å². The van der Waals surface area contributed by atoms with Gasteiger partial charge in [0.2, 0.25) is 0 Å². The van der Waals surface area contributed by atoms with E-state index in [1.807, 2.05) is 41.5 Å². The first kappa shape index (κ1) is 16.3. The molecule has 0 unspecified atom stereocenters. The zero-order chi connectivity index (χ0) is 12.7. The predicted octanol–water partition coefficient (Wildman–Crippen LogP) is 2.43. The van der Waals surface area contributed by atoms with Crippen molar-refractivity contribution in [3.8, 4) is 11.5 Å². The molecule has 1 aromatic carbocycles. The van der Waals surface area contributed by atoms with Gasteiger partial charge in [-0.05, 0) is 10.8 Å². The van der Waals surface area contributed by atoms with Gasteiger partial charge >= 0.3 is 17.1 Å². The first-order valence-corrected chi connectivity index (χ1v) is 5.57. The Hall–Kier alpha value is -0.661. The van der Waals surface area contributed by atoms with Crippen LogP contribution in [-0.2, 0) is 27.9 Å². The van der Waals surface area contributed by atoms with E-state index >= 15 is 0 Å². The Morgan fingerprint density at radius 1 is 0.706 bits per heavy atom. The third-order valence-corrected chi connectivity index (χ3v) is 2.73. The van der Waals surface area contributed by atoms with Crippen LogP contribution in [0, 0.1) is 0 Å². The minimum atomic E-state index is -0.347. The van der Waals surface area contributed by atoms with Crippen molar-refractivity contribution in [1.29, 1.82) is 0 Å². The first-order valence-electron chi connectivity index (χ1n) is 5.57. The molecule has 0 atom stereocenters. The van der Waals surface area contributed by atoms with Gasteiger partial charge in [-0.15, -0.1) is 11.5 Å². The molecule has 0 bridgehead atoms. The fourth-order valence-electron chi connectivity index (χ4n) is 1.74. The van der Waals surface area contributed by atoms with Crippen molar-refractivity contribution in [3.63, 3.8) is 0 Å². The third-order valence-electron chi connectivity index (χ3n) is 2.73. The van der Waals surface area contributed by atoms with E-state index in [1.165, 1.54) is 0 Å². The molecular formula is C14H20FeO2. The minimum absolute atomic E-state index is 0. The van der Waals surface area contributed by atoms with Crippen LogP contribution < -0.4 is 10.2 Å². The molecule has 17 heavy (non-hydrogen) atoms. The Kier molecular flexibility index (Phi) is 4.72. The Bertz CT molecular complexity index is 359. The molecule has 0 heterocycles. The van der Waals surface area contributed by atoms with E-state index in [2.05, 4.69) is 0 Å². The number of rotatable bonds is 0. The van der Waals surface area contributed by atoms with Crippen molar-refractivity contribution < 1.29 is 27.3 Å².